The molecule has 1 aliphatic heterocycles. The monoisotopic (exact) mass is 322 g/mol. The van der Waals surface area contributed by atoms with Crippen molar-refractivity contribution in [2.75, 3.05) is 29.5 Å². The second-order valence-corrected chi connectivity index (χ2v) is 6.96. The Morgan fingerprint density at radius 1 is 0.913 bits per heavy atom. The first-order chi connectivity index (χ1) is 11.4. The predicted octanol–water partition coefficient (Wildman–Crippen LogP) is 3.90. The fourth-order valence-corrected chi connectivity index (χ4v) is 4.15. The number of fused-ring (bicyclic) bond motifs is 1. The highest BCUT2D eigenvalue weighted by Gasteiger charge is 2.19. The van der Waals surface area contributed by atoms with Crippen LogP contribution in [0.4, 0.5) is 5.69 Å². The van der Waals surface area contributed by atoms with Gasteiger partial charge in [-0.05, 0) is 16.3 Å². The van der Waals surface area contributed by atoms with E-state index in [4.69, 9.17) is 0 Å². The zero-order valence-electron chi connectivity index (χ0n) is 12.8. The lowest BCUT2D eigenvalue weighted by Crippen LogP contribution is -2.32. The summed E-state index contributed by atoms with van der Waals surface area (Å²) in [5, 5.41) is 2.45. The standard InChI is InChI=1S/C19H18N2OS/c22-14-20-12-18(19(13-20)21-8-10-23-11-9-21)17-7-3-5-15-4-1-2-6-16(15)17/h1-7,12-14H,8-11H2. The van der Waals surface area contributed by atoms with Crippen molar-refractivity contribution >= 4 is 34.6 Å². The van der Waals surface area contributed by atoms with Gasteiger partial charge in [-0.25, -0.2) is 0 Å². The van der Waals surface area contributed by atoms with Gasteiger partial charge in [-0.1, -0.05) is 42.5 Å². The molecule has 3 nitrogen and oxygen atoms in total. The lowest BCUT2D eigenvalue weighted by atomic mass is 9.99. The van der Waals surface area contributed by atoms with Crippen molar-refractivity contribution < 1.29 is 4.79 Å². The quantitative estimate of drug-likeness (QED) is 0.684. The molecule has 0 spiro atoms. The van der Waals surface area contributed by atoms with E-state index in [-0.39, 0.29) is 0 Å². The summed E-state index contributed by atoms with van der Waals surface area (Å²) in [5.41, 5.74) is 3.49. The van der Waals surface area contributed by atoms with Gasteiger partial charge in [0.05, 0.1) is 5.69 Å². The maximum atomic E-state index is 11.3. The van der Waals surface area contributed by atoms with Gasteiger partial charge in [0.1, 0.15) is 0 Å². The molecule has 0 aliphatic carbocycles. The van der Waals surface area contributed by atoms with Gasteiger partial charge in [0.25, 0.3) is 0 Å². The molecule has 2 aromatic carbocycles. The first kappa shape index (κ1) is 14.4. The minimum absolute atomic E-state index is 0.872. The van der Waals surface area contributed by atoms with Crippen LogP contribution in [0.5, 0.6) is 0 Å². The fourth-order valence-electron chi connectivity index (χ4n) is 3.25. The van der Waals surface area contributed by atoms with Crippen molar-refractivity contribution in [2.45, 2.75) is 0 Å². The number of carbonyl (C=O) groups excluding carboxylic acids is 1. The van der Waals surface area contributed by atoms with Crippen molar-refractivity contribution in [3.8, 4) is 11.1 Å². The predicted molar refractivity (Wildman–Crippen MR) is 99.1 cm³/mol. The molecular formula is C19H18N2OS. The van der Waals surface area contributed by atoms with Gasteiger partial charge in [-0.2, -0.15) is 11.8 Å². The summed E-state index contributed by atoms with van der Waals surface area (Å²) in [6, 6.07) is 14.8. The molecule has 4 rings (SSSR count). The first-order valence-corrected chi connectivity index (χ1v) is 9.00. The van der Waals surface area contributed by atoms with Gasteiger partial charge in [0.15, 0.2) is 0 Å². The van der Waals surface area contributed by atoms with Gasteiger partial charge in [0, 0.05) is 42.6 Å². The Morgan fingerprint density at radius 2 is 1.70 bits per heavy atom. The van der Waals surface area contributed by atoms with E-state index in [9.17, 15) is 4.79 Å². The van der Waals surface area contributed by atoms with Crippen LogP contribution in [0.3, 0.4) is 0 Å². The van der Waals surface area contributed by atoms with Crippen LogP contribution in [0, 0.1) is 0 Å². The van der Waals surface area contributed by atoms with Crippen LogP contribution in [0.1, 0.15) is 0 Å². The number of nitrogens with zero attached hydrogens (tertiary/aromatic N) is 2. The van der Waals surface area contributed by atoms with Crippen LogP contribution >= 0.6 is 11.8 Å². The molecule has 1 aliphatic rings. The van der Waals surface area contributed by atoms with Gasteiger partial charge in [-0.15, -0.1) is 0 Å². The summed E-state index contributed by atoms with van der Waals surface area (Å²) in [4.78, 5) is 13.7. The van der Waals surface area contributed by atoms with E-state index in [1.165, 1.54) is 16.3 Å². The summed E-state index contributed by atoms with van der Waals surface area (Å²) in [6.07, 6.45) is 4.78. The Hall–Kier alpha value is -2.20. The molecule has 1 fully saturated rings. The topological polar surface area (TPSA) is 25.2 Å². The minimum atomic E-state index is 0.872. The zero-order chi connectivity index (χ0) is 15.6. The average molecular weight is 322 g/mol. The number of benzene rings is 2. The Morgan fingerprint density at radius 3 is 2.52 bits per heavy atom. The SMILES string of the molecule is O=Cn1cc(-c2cccc3ccccc23)c(N2CCSCC2)c1. The van der Waals surface area contributed by atoms with Crippen molar-refractivity contribution in [3.05, 3.63) is 54.9 Å². The van der Waals surface area contributed by atoms with E-state index >= 15 is 0 Å². The van der Waals surface area contributed by atoms with Crippen molar-refractivity contribution in [1.82, 2.24) is 4.57 Å². The number of anilines is 1. The highest BCUT2D eigenvalue weighted by molar-refractivity contribution is 7.99. The lowest BCUT2D eigenvalue weighted by molar-refractivity contribution is 0.547. The molecule has 1 saturated heterocycles. The molecule has 2 heterocycles. The second kappa shape index (κ2) is 6.13. The third-order valence-electron chi connectivity index (χ3n) is 4.38. The Kier molecular flexibility index (Phi) is 3.83. The average Bonchev–Trinajstić information content (AvgIpc) is 3.06. The minimum Gasteiger partial charge on any atom is -0.368 e. The summed E-state index contributed by atoms with van der Waals surface area (Å²) < 4.78 is 1.63. The number of hydrogen-bond donors (Lipinski definition) is 0. The molecular weight excluding hydrogens is 304 g/mol. The summed E-state index contributed by atoms with van der Waals surface area (Å²) in [5.74, 6) is 2.28. The Bertz CT molecular complexity index is 844. The highest BCUT2D eigenvalue weighted by Crippen LogP contribution is 2.37. The van der Waals surface area contributed by atoms with Crippen LogP contribution in [0.15, 0.2) is 54.9 Å². The van der Waals surface area contributed by atoms with Crippen molar-refractivity contribution in [3.63, 3.8) is 0 Å². The van der Waals surface area contributed by atoms with Crippen LogP contribution in [0.2, 0.25) is 0 Å². The molecule has 0 bridgehead atoms. The molecule has 0 saturated carbocycles. The van der Waals surface area contributed by atoms with E-state index in [0.29, 0.717) is 0 Å². The van der Waals surface area contributed by atoms with E-state index in [2.05, 4.69) is 47.4 Å². The Labute approximate surface area is 139 Å². The molecule has 23 heavy (non-hydrogen) atoms. The first-order valence-electron chi connectivity index (χ1n) is 7.84. The molecule has 3 aromatic rings. The number of aromatic nitrogens is 1. The van der Waals surface area contributed by atoms with Gasteiger partial charge in [0.2, 0.25) is 6.41 Å². The second-order valence-electron chi connectivity index (χ2n) is 5.74. The van der Waals surface area contributed by atoms with E-state index < -0.39 is 0 Å². The number of carbonyl (C=O) groups is 1. The fraction of sp³-hybridized carbons (Fsp3) is 0.211. The summed E-state index contributed by atoms with van der Waals surface area (Å²) in [6.45, 7) is 2.07. The molecule has 4 heteroatoms. The van der Waals surface area contributed by atoms with Crippen LogP contribution in [-0.4, -0.2) is 35.6 Å². The number of thioether (sulfide) groups is 1. The molecule has 0 atom stereocenters. The zero-order valence-corrected chi connectivity index (χ0v) is 13.6. The summed E-state index contributed by atoms with van der Waals surface area (Å²) in [7, 11) is 0. The third kappa shape index (κ3) is 2.63. The molecule has 0 unspecified atom stereocenters. The number of rotatable bonds is 3. The van der Waals surface area contributed by atoms with Gasteiger partial charge < -0.3 is 4.90 Å². The third-order valence-corrected chi connectivity index (χ3v) is 5.32. The van der Waals surface area contributed by atoms with Crippen LogP contribution in [0.25, 0.3) is 21.9 Å². The van der Waals surface area contributed by atoms with Crippen molar-refractivity contribution in [2.24, 2.45) is 0 Å². The van der Waals surface area contributed by atoms with Gasteiger partial charge >= 0.3 is 0 Å². The van der Waals surface area contributed by atoms with E-state index in [1.54, 1.807) is 4.57 Å². The maximum absolute atomic E-state index is 11.3. The van der Waals surface area contributed by atoms with Crippen LogP contribution < -0.4 is 4.90 Å². The normalized spacial score (nSPS) is 15.0. The maximum Gasteiger partial charge on any atom is 0.217 e. The molecule has 1 aromatic heterocycles. The van der Waals surface area contributed by atoms with Crippen LogP contribution in [-0.2, 0) is 4.79 Å². The lowest BCUT2D eigenvalue weighted by Gasteiger charge is -2.28. The largest absolute Gasteiger partial charge is 0.368 e. The number of hydrogen-bond acceptors (Lipinski definition) is 3. The molecule has 0 radical (unpaired) electrons. The van der Waals surface area contributed by atoms with Gasteiger partial charge in [-0.3, -0.25) is 9.36 Å². The Balaban J connectivity index is 1.90. The molecule has 116 valence electrons. The molecule has 0 N–H and O–H groups in total. The smallest absolute Gasteiger partial charge is 0.217 e. The van der Waals surface area contributed by atoms with E-state index in [0.717, 1.165) is 42.3 Å². The summed E-state index contributed by atoms with van der Waals surface area (Å²) >= 11 is 1.99. The highest BCUT2D eigenvalue weighted by atomic mass is 32.2. The molecule has 0 amide bonds. The van der Waals surface area contributed by atoms with E-state index in [1.807, 2.05) is 24.2 Å². The van der Waals surface area contributed by atoms with Crippen molar-refractivity contribution in [1.29, 1.82) is 0 Å².